The van der Waals surface area contributed by atoms with Crippen LogP contribution in [0.5, 0.6) is 0 Å². The zero-order valence-corrected chi connectivity index (χ0v) is 15.5. The fraction of sp³-hybridized carbons (Fsp3) is 0.562. The number of anilines is 1. The number of carbonyl (C=O) groups is 1. The minimum atomic E-state index is -3.21. The van der Waals surface area contributed by atoms with Crippen LogP contribution in [0.25, 0.3) is 0 Å². The molecule has 6 nitrogen and oxygen atoms in total. The van der Waals surface area contributed by atoms with Crippen molar-refractivity contribution in [3.63, 3.8) is 0 Å². The zero-order chi connectivity index (χ0) is 16.9. The zero-order valence-electron chi connectivity index (χ0n) is 13.8. The predicted octanol–water partition coefficient (Wildman–Crippen LogP) is 1.46. The van der Waals surface area contributed by atoms with E-state index in [4.69, 9.17) is 5.73 Å². The lowest BCUT2D eigenvalue weighted by Gasteiger charge is -2.20. The summed E-state index contributed by atoms with van der Waals surface area (Å²) < 4.78 is 25.4. The third-order valence-corrected chi connectivity index (χ3v) is 4.99. The Kier molecular flexibility index (Phi) is 7.99. The number of amides is 1. The van der Waals surface area contributed by atoms with Crippen LogP contribution in [0, 0.1) is 5.92 Å². The Labute approximate surface area is 150 Å². The summed E-state index contributed by atoms with van der Waals surface area (Å²) in [6.07, 6.45) is 4.89. The molecule has 0 saturated heterocycles. The van der Waals surface area contributed by atoms with Gasteiger partial charge in [-0.25, -0.2) is 13.1 Å². The van der Waals surface area contributed by atoms with Crippen LogP contribution in [0.2, 0.25) is 0 Å². The van der Waals surface area contributed by atoms with Gasteiger partial charge in [0, 0.05) is 24.7 Å². The first-order valence-corrected chi connectivity index (χ1v) is 9.81. The van der Waals surface area contributed by atoms with Crippen molar-refractivity contribution < 1.29 is 13.2 Å². The molecular formula is C16H26ClN3O3S. The van der Waals surface area contributed by atoms with Crippen molar-refractivity contribution in [1.29, 1.82) is 0 Å². The van der Waals surface area contributed by atoms with Crippen molar-refractivity contribution in [3.8, 4) is 0 Å². The predicted molar refractivity (Wildman–Crippen MR) is 98.5 cm³/mol. The van der Waals surface area contributed by atoms with Gasteiger partial charge in [-0.3, -0.25) is 4.79 Å². The lowest BCUT2D eigenvalue weighted by Crippen LogP contribution is -2.41. The van der Waals surface area contributed by atoms with Crippen molar-refractivity contribution in [1.82, 2.24) is 10.0 Å². The topological polar surface area (TPSA) is 101 Å². The molecular weight excluding hydrogens is 350 g/mol. The Hall–Kier alpha value is -1.31. The van der Waals surface area contributed by atoms with Gasteiger partial charge in [-0.15, -0.1) is 12.4 Å². The average Bonchev–Trinajstić information content (AvgIpc) is 2.89. The van der Waals surface area contributed by atoms with Gasteiger partial charge in [0.2, 0.25) is 15.9 Å². The van der Waals surface area contributed by atoms with Crippen LogP contribution in [-0.2, 0) is 21.2 Å². The van der Waals surface area contributed by atoms with E-state index in [-0.39, 0.29) is 30.3 Å². The Morgan fingerprint density at radius 3 is 2.67 bits per heavy atom. The molecule has 4 N–H and O–H groups in total. The van der Waals surface area contributed by atoms with E-state index in [1.165, 1.54) is 6.26 Å². The number of aryl methyl sites for hydroxylation is 1. The number of rotatable bonds is 7. The molecule has 1 aromatic rings. The van der Waals surface area contributed by atoms with Crippen LogP contribution in [0.1, 0.15) is 31.2 Å². The molecule has 1 aliphatic carbocycles. The van der Waals surface area contributed by atoms with Gasteiger partial charge < -0.3 is 11.1 Å². The lowest BCUT2D eigenvalue weighted by atomic mass is 10.0. The Balaban J connectivity index is 0.00000288. The third-order valence-electron chi connectivity index (χ3n) is 4.26. The third kappa shape index (κ3) is 6.67. The summed E-state index contributed by atoms with van der Waals surface area (Å²) in [4.78, 5) is 12.0. The van der Waals surface area contributed by atoms with E-state index in [1.54, 1.807) is 0 Å². The van der Waals surface area contributed by atoms with Crippen LogP contribution in [0.3, 0.4) is 0 Å². The second-order valence-electron chi connectivity index (χ2n) is 6.19. The standard InChI is InChI=1S/C16H25N3O3S.ClH/c1-23(21,22)19-15-8-4-6-13(15)11-18-16(20)10-9-12-5-2-3-7-14(12)17;/h2-3,5,7,13,15,19H,4,6,8-11,17H2,1H3,(H,18,20);1H. The first kappa shape index (κ1) is 20.7. The molecule has 0 spiro atoms. The maximum Gasteiger partial charge on any atom is 0.220 e. The van der Waals surface area contributed by atoms with E-state index in [0.717, 1.165) is 24.8 Å². The van der Waals surface area contributed by atoms with E-state index in [2.05, 4.69) is 10.0 Å². The van der Waals surface area contributed by atoms with Crippen LogP contribution < -0.4 is 15.8 Å². The fourth-order valence-corrected chi connectivity index (χ4v) is 3.91. The van der Waals surface area contributed by atoms with Gasteiger partial charge in [-0.05, 0) is 36.8 Å². The molecule has 136 valence electrons. The van der Waals surface area contributed by atoms with Gasteiger partial charge >= 0.3 is 0 Å². The summed E-state index contributed by atoms with van der Waals surface area (Å²) in [5, 5.41) is 2.92. The summed E-state index contributed by atoms with van der Waals surface area (Å²) in [5.74, 6) is 0.133. The summed E-state index contributed by atoms with van der Waals surface area (Å²) in [6, 6.07) is 7.45. The maximum absolute atomic E-state index is 12.0. The number of nitrogen functional groups attached to an aromatic ring is 1. The Morgan fingerprint density at radius 1 is 1.29 bits per heavy atom. The van der Waals surface area contributed by atoms with E-state index < -0.39 is 10.0 Å². The highest BCUT2D eigenvalue weighted by molar-refractivity contribution is 7.88. The number of benzene rings is 1. The second kappa shape index (κ2) is 9.25. The normalized spacial score (nSPS) is 20.4. The lowest BCUT2D eigenvalue weighted by molar-refractivity contribution is -0.121. The molecule has 1 fully saturated rings. The van der Waals surface area contributed by atoms with E-state index in [1.807, 2.05) is 24.3 Å². The number of nitrogens with one attached hydrogen (secondary N) is 2. The van der Waals surface area contributed by atoms with Crippen molar-refractivity contribution in [3.05, 3.63) is 29.8 Å². The monoisotopic (exact) mass is 375 g/mol. The minimum absolute atomic E-state index is 0. The Bertz CT molecular complexity index is 652. The molecule has 1 saturated carbocycles. The molecule has 1 aromatic carbocycles. The highest BCUT2D eigenvalue weighted by Gasteiger charge is 2.29. The molecule has 8 heteroatoms. The molecule has 0 aromatic heterocycles. The van der Waals surface area contributed by atoms with Crippen LogP contribution >= 0.6 is 12.4 Å². The van der Waals surface area contributed by atoms with E-state index >= 15 is 0 Å². The number of nitrogens with two attached hydrogens (primary N) is 1. The average molecular weight is 376 g/mol. The Morgan fingerprint density at radius 2 is 2.00 bits per heavy atom. The molecule has 1 aliphatic rings. The van der Waals surface area contributed by atoms with Gasteiger partial charge in [0.05, 0.1) is 6.26 Å². The number of para-hydroxylation sites is 1. The first-order valence-electron chi connectivity index (χ1n) is 7.92. The summed E-state index contributed by atoms with van der Waals surface area (Å²) in [6.45, 7) is 0.510. The van der Waals surface area contributed by atoms with Crippen molar-refractivity contribution >= 4 is 34.0 Å². The van der Waals surface area contributed by atoms with Crippen LogP contribution in [-0.4, -0.2) is 33.2 Å². The first-order chi connectivity index (χ1) is 10.8. The van der Waals surface area contributed by atoms with E-state index in [0.29, 0.717) is 25.1 Å². The summed E-state index contributed by atoms with van der Waals surface area (Å²) in [7, 11) is -3.21. The van der Waals surface area contributed by atoms with Gasteiger partial charge in [0.25, 0.3) is 0 Å². The van der Waals surface area contributed by atoms with E-state index in [9.17, 15) is 13.2 Å². The molecule has 2 unspecified atom stereocenters. The molecule has 1 amide bonds. The minimum Gasteiger partial charge on any atom is -0.399 e. The highest BCUT2D eigenvalue weighted by atomic mass is 35.5. The number of sulfonamides is 1. The number of hydrogen-bond acceptors (Lipinski definition) is 4. The van der Waals surface area contributed by atoms with Gasteiger partial charge in [0.15, 0.2) is 0 Å². The SMILES string of the molecule is CS(=O)(=O)NC1CCCC1CNC(=O)CCc1ccccc1N.Cl. The summed E-state index contributed by atoms with van der Waals surface area (Å²) in [5.41, 5.74) is 7.54. The van der Waals surface area contributed by atoms with Gasteiger partial charge in [0.1, 0.15) is 0 Å². The number of halogens is 1. The second-order valence-corrected chi connectivity index (χ2v) is 7.97. The molecule has 0 radical (unpaired) electrons. The molecule has 0 aliphatic heterocycles. The molecule has 0 heterocycles. The quantitative estimate of drug-likeness (QED) is 0.628. The van der Waals surface area contributed by atoms with Gasteiger partial charge in [-0.2, -0.15) is 0 Å². The van der Waals surface area contributed by atoms with Crippen molar-refractivity contribution in [2.24, 2.45) is 5.92 Å². The maximum atomic E-state index is 12.0. The molecule has 0 bridgehead atoms. The molecule has 2 rings (SSSR count). The summed E-state index contributed by atoms with van der Waals surface area (Å²) >= 11 is 0. The van der Waals surface area contributed by atoms with Gasteiger partial charge in [-0.1, -0.05) is 24.6 Å². The van der Waals surface area contributed by atoms with Crippen molar-refractivity contribution in [2.75, 3.05) is 18.5 Å². The number of carbonyl (C=O) groups excluding carboxylic acids is 1. The largest absolute Gasteiger partial charge is 0.399 e. The fourth-order valence-electron chi connectivity index (χ4n) is 3.05. The highest BCUT2D eigenvalue weighted by Crippen LogP contribution is 2.25. The van der Waals surface area contributed by atoms with Crippen molar-refractivity contribution in [2.45, 2.75) is 38.1 Å². The van der Waals surface area contributed by atoms with Crippen LogP contribution in [0.4, 0.5) is 5.69 Å². The smallest absolute Gasteiger partial charge is 0.220 e. The number of hydrogen-bond donors (Lipinski definition) is 3. The molecule has 24 heavy (non-hydrogen) atoms. The molecule has 2 atom stereocenters. The van der Waals surface area contributed by atoms with Crippen LogP contribution in [0.15, 0.2) is 24.3 Å².